The second-order valence-electron chi connectivity index (χ2n) is 3.66. The third kappa shape index (κ3) is 3.40. The number of nitrogens with zero attached hydrogens (tertiary/aromatic N) is 1. The summed E-state index contributed by atoms with van der Waals surface area (Å²) in [7, 11) is 3.69. The summed E-state index contributed by atoms with van der Waals surface area (Å²) in [6.45, 7) is 0.543. The van der Waals surface area contributed by atoms with Crippen LogP contribution in [0.25, 0.3) is 0 Å². The second-order valence-corrected chi connectivity index (χ2v) is 3.66. The highest BCUT2D eigenvalue weighted by atomic mass is 19.3. The number of halogens is 2. The van der Waals surface area contributed by atoms with Gasteiger partial charge >= 0.3 is 0 Å². The fourth-order valence-corrected chi connectivity index (χ4v) is 1.40. The van der Waals surface area contributed by atoms with E-state index in [1.54, 1.807) is 6.07 Å². The Bertz CT molecular complexity index is 350. The smallest absolute Gasteiger partial charge is 0.263 e. The van der Waals surface area contributed by atoms with E-state index < -0.39 is 6.43 Å². The van der Waals surface area contributed by atoms with Crippen LogP contribution >= 0.6 is 0 Å². The summed E-state index contributed by atoms with van der Waals surface area (Å²) in [5.41, 5.74) is 0.918. The number of carbonyl (C=O) groups excluding carboxylic acids is 1. The number of rotatable bonds is 4. The van der Waals surface area contributed by atoms with Crippen molar-refractivity contribution >= 4 is 6.29 Å². The van der Waals surface area contributed by atoms with Crippen LogP contribution < -0.4 is 0 Å². The van der Waals surface area contributed by atoms with Crippen molar-refractivity contribution in [2.75, 3.05) is 14.1 Å². The molecule has 1 aromatic rings. The quantitative estimate of drug-likeness (QED) is 0.716. The minimum absolute atomic E-state index is 0.101. The third-order valence-electron chi connectivity index (χ3n) is 1.92. The zero-order valence-corrected chi connectivity index (χ0v) is 8.71. The van der Waals surface area contributed by atoms with Crippen molar-refractivity contribution in [1.82, 2.24) is 4.90 Å². The van der Waals surface area contributed by atoms with Crippen molar-refractivity contribution in [2.24, 2.45) is 0 Å². The maximum absolute atomic E-state index is 12.5. The number of carbonyl (C=O) groups is 1. The van der Waals surface area contributed by atoms with E-state index in [4.69, 9.17) is 0 Å². The molecule has 0 heterocycles. The minimum Gasteiger partial charge on any atom is -0.305 e. The van der Waals surface area contributed by atoms with Gasteiger partial charge in [-0.25, -0.2) is 8.78 Å². The molecule has 15 heavy (non-hydrogen) atoms. The lowest BCUT2D eigenvalue weighted by molar-refractivity contribution is 0.112. The molecule has 0 fully saturated rings. The fraction of sp³-hybridized carbons (Fsp3) is 0.364. The van der Waals surface area contributed by atoms with E-state index in [2.05, 4.69) is 0 Å². The highest BCUT2D eigenvalue weighted by Gasteiger charge is 2.10. The first-order chi connectivity index (χ1) is 7.02. The van der Waals surface area contributed by atoms with E-state index in [9.17, 15) is 13.6 Å². The molecule has 0 aromatic heterocycles. The van der Waals surface area contributed by atoms with Crippen molar-refractivity contribution in [2.45, 2.75) is 13.0 Å². The number of aldehydes is 1. The van der Waals surface area contributed by atoms with Crippen LogP contribution in [-0.2, 0) is 6.54 Å². The highest BCUT2D eigenvalue weighted by molar-refractivity contribution is 5.75. The van der Waals surface area contributed by atoms with E-state index in [1.807, 2.05) is 19.0 Å². The summed E-state index contributed by atoms with van der Waals surface area (Å²) >= 11 is 0. The Kier molecular flexibility index (Phi) is 3.91. The van der Waals surface area contributed by atoms with Crippen LogP contribution in [-0.4, -0.2) is 25.3 Å². The molecule has 0 atom stereocenters. The molecule has 0 spiro atoms. The maximum Gasteiger partial charge on any atom is 0.263 e. The van der Waals surface area contributed by atoms with Crippen LogP contribution in [0, 0.1) is 0 Å². The molecule has 1 aromatic carbocycles. The summed E-state index contributed by atoms with van der Waals surface area (Å²) in [6.07, 6.45) is -1.95. The molecule has 0 unspecified atom stereocenters. The first-order valence-electron chi connectivity index (χ1n) is 4.55. The topological polar surface area (TPSA) is 20.3 Å². The van der Waals surface area contributed by atoms with Gasteiger partial charge in [-0.05, 0) is 37.9 Å². The summed E-state index contributed by atoms with van der Waals surface area (Å²) in [4.78, 5) is 12.4. The van der Waals surface area contributed by atoms with Crippen LogP contribution in [0.3, 0.4) is 0 Å². The van der Waals surface area contributed by atoms with E-state index in [0.29, 0.717) is 18.4 Å². The lowest BCUT2D eigenvalue weighted by Crippen LogP contribution is -2.11. The van der Waals surface area contributed by atoms with Crippen LogP contribution in [0.4, 0.5) is 8.78 Å². The average molecular weight is 213 g/mol. The normalized spacial score (nSPS) is 11.1. The van der Waals surface area contributed by atoms with Gasteiger partial charge < -0.3 is 4.90 Å². The van der Waals surface area contributed by atoms with Crippen molar-refractivity contribution in [3.8, 4) is 0 Å². The second kappa shape index (κ2) is 4.98. The van der Waals surface area contributed by atoms with Gasteiger partial charge in [-0.3, -0.25) is 4.79 Å². The van der Waals surface area contributed by atoms with Crippen LogP contribution in [0.2, 0.25) is 0 Å². The maximum atomic E-state index is 12.5. The fourth-order valence-electron chi connectivity index (χ4n) is 1.40. The number of hydrogen-bond donors (Lipinski definition) is 0. The SMILES string of the molecule is CN(C)Cc1cc(C=O)cc(C(F)F)c1. The summed E-state index contributed by atoms with van der Waals surface area (Å²) in [5.74, 6) is 0. The molecule has 0 amide bonds. The number of hydrogen-bond acceptors (Lipinski definition) is 2. The monoisotopic (exact) mass is 213 g/mol. The summed E-state index contributed by atoms with van der Waals surface area (Å²) in [5, 5.41) is 0. The third-order valence-corrected chi connectivity index (χ3v) is 1.92. The minimum atomic E-state index is -2.54. The molecule has 0 aliphatic heterocycles. The average Bonchev–Trinajstić information content (AvgIpc) is 2.16. The van der Waals surface area contributed by atoms with Crippen molar-refractivity contribution in [3.05, 3.63) is 34.9 Å². The first kappa shape index (κ1) is 11.8. The van der Waals surface area contributed by atoms with Gasteiger partial charge in [0.05, 0.1) is 0 Å². The standard InChI is InChI=1S/C11H13F2NO/c1-14(2)6-8-3-9(7-15)5-10(4-8)11(12)13/h3-5,7,11H,6H2,1-2H3. The van der Waals surface area contributed by atoms with Gasteiger partial charge in [0, 0.05) is 17.7 Å². The molecule has 0 aliphatic carbocycles. The van der Waals surface area contributed by atoms with E-state index in [1.165, 1.54) is 12.1 Å². The Morgan fingerprint density at radius 1 is 1.33 bits per heavy atom. The molecular weight excluding hydrogens is 200 g/mol. The predicted molar refractivity (Wildman–Crippen MR) is 54.2 cm³/mol. The van der Waals surface area contributed by atoms with Gasteiger partial charge in [0.2, 0.25) is 0 Å². The summed E-state index contributed by atoms with van der Waals surface area (Å²) < 4.78 is 24.9. The summed E-state index contributed by atoms with van der Waals surface area (Å²) in [6, 6.07) is 4.27. The molecule has 0 radical (unpaired) electrons. The van der Waals surface area contributed by atoms with Gasteiger partial charge in [0.25, 0.3) is 6.43 Å². The highest BCUT2D eigenvalue weighted by Crippen LogP contribution is 2.21. The van der Waals surface area contributed by atoms with Gasteiger partial charge in [-0.1, -0.05) is 0 Å². The van der Waals surface area contributed by atoms with Gasteiger partial charge in [0.15, 0.2) is 0 Å². The predicted octanol–water partition coefficient (Wildman–Crippen LogP) is 2.50. The molecule has 0 saturated heterocycles. The van der Waals surface area contributed by atoms with E-state index in [0.717, 1.165) is 5.56 Å². The molecule has 1 rings (SSSR count). The van der Waals surface area contributed by atoms with Crippen LogP contribution in [0.5, 0.6) is 0 Å². The van der Waals surface area contributed by atoms with Crippen molar-refractivity contribution in [3.63, 3.8) is 0 Å². The zero-order valence-electron chi connectivity index (χ0n) is 8.71. The number of alkyl halides is 2. The molecule has 0 bridgehead atoms. The van der Waals surface area contributed by atoms with E-state index >= 15 is 0 Å². The molecule has 82 valence electrons. The van der Waals surface area contributed by atoms with Gasteiger partial charge in [-0.15, -0.1) is 0 Å². The number of benzene rings is 1. The molecule has 2 nitrogen and oxygen atoms in total. The Balaban J connectivity index is 3.05. The molecule has 0 N–H and O–H groups in total. The van der Waals surface area contributed by atoms with Crippen molar-refractivity contribution < 1.29 is 13.6 Å². The lowest BCUT2D eigenvalue weighted by atomic mass is 10.1. The lowest BCUT2D eigenvalue weighted by Gasteiger charge is -2.11. The van der Waals surface area contributed by atoms with Gasteiger partial charge in [-0.2, -0.15) is 0 Å². The van der Waals surface area contributed by atoms with Crippen LogP contribution in [0.1, 0.15) is 27.9 Å². The first-order valence-corrected chi connectivity index (χ1v) is 4.55. The van der Waals surface area contributed by atoms with Gasteiger partial charge in [0.1, 0.15) is 6.29 Å². The molecule has 0 aliphatic rings. The van der Waals surface area contributed by atoms with Crippen LogP contribution in [0.15, 0.2) is 18.2 Å². The Morgan fingerprint density at radius 2 is 2.00 bits per heavy atom. The zero-order chi connectivity index (χ0) is 11.4. The van der Waals surface area contributed by atoms with E-state index in [-0.39, 0.29) is 5.56 Å². The van der Waals surface area contributed by atoms with Crippen molar-refractivity contribution in [1.29, 1.82) is 0 Å². The Morgan fingerprint density at radius 3 is 2.47 bits per heavy atom. The molecule has 4 heteroatoms. The largest absolute Gasteiger partial charge is 0.305 e. The Labute approximate surface area is 87.5 Å². The molecule has 0 saturated carbocycles. The molecular formula is C11H13F2NO. The Hall–Kier alpha value is -1.29.